The van der Waals surface area contributed by atoms with E-state index in [-0.39, 0.29) is 76.9 Å². The van der Waals surface area contributed by atoms with Crippen LogP contribution in [0.25, 0.3) is 0 Å². The number of rotatable bonds is 6. The molecule has 35 heavy (non-hydrogen) atoms. The number of ether oxygens (including phenoxy) is 2. The fourth-order valence-electron chi connectivity index (χ4n) is 9.32. The minimum absolute atomic E-state index is 0.00723. The van der Waals surface area contributed by atoms with Gasteiger partial charge in [0.15, 0.2) is 0 Å². The largest absolute Gasteiger partial charge is 0.481 e. The van der Waals surface area contributed by atoms with Gasteiger partial charge in [0.1, 0.15) is 12.2 Å². The van der Waals surface area contributed by atoms with Gasteiger partial charge in [-0.1, -0.05) is 20.8 Å². The van der Waals surface area contributed by atoms with E-state index in [9.17, 15) is 24.6 Å². The van der Waals surface area contributed by atoms with Gasteiger partial charge >= 0.3 is 17.9 Å². The minimum Gasteiger partial charge on any atom is -0.481 e. The van der Waals surface area contributed by atoms with Crippen molar-refractivity contribution in [3.05, 3.63) is 0 Å². The summed E-state index contributed by atoms with van der Waals surface area (Å²) in [6.45, 7) is 9.63. The van der Waals surface area contributed by atoms with E-state index in [2.05, 4.69) is 20.8 Å². The summed E-state index contributed by atoms with van der Waals surface area (Å²) in [5.74, 6) is 0.128. The second kappa shape index (κ2) is 9.68. The van der Waals surface area contributed by atoms with Crippen molar-refractivity contribution in [1.82, 2.24) is 0 Å². The zero-order valence-corrected chi connectivity index (χ0v) is 22.0. The molecule has 7 nitrogen and oxygen atoms in total. The minimum atomic E-state index is -0.772. The molecule has 0 aromatic carbocycles. The summed E-state index contributed by atoms with van der Waals surface area (Å²) < 4.78 is 11.6. The molecule has 4 rings (SSSR count). The highest BCUT2D eigenvalue weighted by molar-refractivity contribution is 5.67. The highest BCUT2D eigenvalue weighted by Crippen LogP contribution is 2.68. The number of aliphatic carboxylic acids is 1. The van der Waals surface area contributed by atoms with Crippen molar-refractivity contribution >= 4 is 17.9 Å². The SMILES string of the molecule is CC(=O)O[C@@H]1CCC2(C)C(C1)C[C@@H](OC(C)=O)C1C2C[C@H](O)C2(C)C1CCC2[C@H](C)CCC(=O)O. The average molecular weight is 493 g/mol. The molecule has 198 valence electrons. The quantitative estimate of drug-likeness (QED) is 0.522. The van der Waals surface area contributed by atoms with Crippen LogP contribution in [0.15, 0.2) is 0 Å². The Balaban J connectivity index is 1.64. The zero-order chi connectivity index (χ0) is 25.7. The molecule has 0 bridgehead atoms. The molecule has 7 heteroatoms. The molecule has 4 fully saturated rings. The third-order valence-electron chi connectivity index (χ3n) is 10.9. The fraction of sp³-hybridized carbons (Fsp3) is 0.893. The van der Waals surface area contributed by atoms with E-state index in [4.69, 9.17) is 9.47 Å². The van der Waals surface area contributed by atoms with Crippen LogP contribution in [0.2, 0.25) is 0 Å². The predicted octanol–water partition coefficient (Wildman–Crippen LogP) is 4.59. The molecule has 0 aliphatic heterocycles. The van der Waals surface area contributed by atoms with Crippen LogP contribution in [-0.2, 0) is 23.9 Å². The molecule has 0 aromatic rings. The third kappa shape index (κ3) is 4.62. The Bertz CT molecular complexity index is 841. The van der Waals surface area contributed by atoms with Gasteiger partial charge in [-0.3, -0.25) is 14.4 Å². The van der Waals surface area contributed by atoms with Crippen molar-refractivity contribution in [2.75, 3.05) is 0 Å². The highest BCUT2D eigenvalue weighted by Gasteiger charge is 2.66. The summed E-state index contributed by atoms with van der Waals surface area (Å²) in [5, 5.41) is 20.9. The topological polar surface area (TPSA) is 110 Å². The third-order valence-corrected chi connectivity index (χ3v) is 10.9. The molecule has 0 radical (unpaired) electrons. The molecule has 4 aliphatic rings. The summed E-state index contributed by atoms with van der Waals surface area (Å²) in [6.07, 6.45) is 5.99. The molecule has 0 spiro atoms. The zero-order valence-electron chi connectivity index (χ0n) is 22.0. The van der Waals surface area contributed by atoms with Crippen LogP contribution in [0.4, 0.5) is 0 Å². The van der Waals surface area contributed by atoms with E-state index in [1.165, 1.54) is 13.8 Å². The molecule has 11 atom stereocenters. The van der Waals surface area contributed by atoms with Crippen molar-refractivity contribution in [2.45, 2.75) is 111 Å². The standard InChI is InChI=1S/C28H44O7/c1-15(6-9-25(32)33)20-7-8-21-26-22(14-24(31)28(20,21)5)27(4)11-10-19(34-16(2)29)12-18(27)13-23(26)35-17(3)30/h15,18-24,26,31H,6-14H2,1-5H3,(H,32,33)/t15-,18?,19-,20?,21?,22?,23-,24+,26?,27?,28?/m1/s1. The number of fused-ring (bicyclic) bond motifs is 5. The van der Waals surface area contributed by atoms with Crippen LogP contribution in [0.3, 0.4) is 0 Å². The second-order valence-electron chi connectivity index (χ2n) is 12.6. The fourth-order valence-corrected chi connectivity index (χ4v) is 9.32. The maximum absolute atomic E-state index is 12.2. The number of aliphatic hydroxyl groups excluding tert-OH is 1. The molecule has 4 saturated carbocycles. The Kier molecular flexibility index (Phi) is 7.31. The molecule has 0 saturated heterocycles. The molecular weight excluding hydrogens is 448 g/mol. The summed E-state index contributed by atoms with van der Waals surface area (Å²) >= 11 is 0. The molecule has 0 amide bonds. The monoisotopic (exact) mass is 492 g/mol. The van der Waals surface area contributed by atoms with Gasteiger partial charge in [0.25, 0.3) is 0 Å². The first-order valence-corrected chi connectivity index (χ1v) is 13.6. The van der Waals surface area contributed by atoms with Crippen LogP contribution in [0, 0.1) is 46.3 Å². The van der Waals surface area contributed by atoms with Crippen LogP contribution in [-0.4, -0.2) is 46.4 Å². The van der Waals surface area contributed by atoms with Crippen LogP contribution < -0.4 is 0 Å². The average Bonchev–Trinajstić information content (AvgIpc) is 3.11. The van der Waals surface area contributed by atoms with Gasteiger partial charge in [0.2, 0.25) is 0 Å². The highest BCUT2D eigenvalue weighted by atomic mass is 16.5. The van der Waals surface area contributed by atoms with Gasteiger partial charge in [0.05, 0.1) is 6.10 Å². The van der Waals surface area contributed by atoms with Gasteiger partial charge in [-0.25, -0.2) is 0 Å². The maximum Gasteiger partial charge on any atom is 0.303 e. The van der Waals surface area contributed by atoms with Crippen molar-refractivity contribution in [1.29, 1.82) is 0 Å². The number of carboxylic acids is 1. The number of esters is 2. The maximum atomic E-state index is 12.2. The number of carboxylic acid groups (broad SMARTS) is 1. The summed E-state index contributed by atoms with van der Waals surface area (Å²) in [7, 11) is 0. The van der Waals surface area contributed by atoms with E-state index in [1.54, 1.807) is 0 Å². The first-order valence-electron chi connectivity index (χ1n) is 13.6. The molecule has 4 aliphatic carbocycles. The Hall–Kier alpha value is -1.63. The second-order valence-corrected chi connectivity index (χ2v) is 12.6. The summed E-state index contributed by atoms with van der Waals surface area (Å²) in [6, 6.07) is 0. The van der Waals surface area contributed by atoms with Crippen molar-refractivity contribution in [3.63, 3.8) is 0 Å². The molecular formula is C28H44O7. The Morgan fingerprint density at radius 1 is 0.971 bits per heavy atom. The van der Waals surface area contributed by atoms with E-state index in [0.29, 0.717) is 12.8 Å². The van der Waals surface area contributed by atoms with E-state index in [1.807, 2.05) is 0 Å². The van der Waals surface area contributed by atoms with Crippen LogP contribution in [0.1, 0.15) is 92.4 Å². The summed E-state index contributed by atoms with van der Waals surface area (Å²) in [5.41, 5.74) is -0.303. The molecule has 0 heterocycles. The Morgan fingerprint density at radius 3 is 2.29 bits per heavy atom. The number of hydrogen-bond acceptors (Lipinski definition) is 6. The number of aliphatic hydroxyl groups is 1. The lowest BCUT2D eigenvalue weighted by molar-refractivity contribution is -0.218. The van der Waals surface area contributed by atoms with E-state index in [0.717, 1.165) is 38.5 Å². The normalized spacial score (nSPS) is 45.4. The predicted molar refractivity (Wildman–Crippen MR) is 129 cm³/mol. The Labute approximate surface area is 209 Å². The smallest absolute Gasteiger partial charge is 0.303 e. The number of carbonyl (C=O) groups excluding carboxylic acids is 2. The first-order chi connectivity index (χ1) is 16.4. The van der Waals surface area contributed by atoms with Crippen molar-refractivity contribution < 1.29 is 34.1 Å². The van der Waals surface area contributed by atoms with Crippen LogP contribution >= 0.6 is 0 Å². The lowest BCUT2D eigenvalue weighted by atomic mass is 9.43. The molecule has 2 N–H and O–H groups in total. The van der Waals surface area contributed by atoms with Gasteiger partial charge in [0, 0.05) is 26.2 Å². The number of carbonyl (C=O) groups is 3. The Morgan fingerprint density at radius 2 is 1.66 bits per heavy atom. The van der Waals surface area contributed by atoms with Gasteiger partial charge in [-0.15, -0.1) is 0 Å². The van der Waals surface area contributed by atoms with E-state index >= 15 is 0 Å². The van der Waals surface area contributed by atoms with Crippen molar-refractivity contribution in [2.24, 2.45) is 46.3 Å². The lowest BCUT2D eigenvalue weighted by Crippen LogP contribution is -2.63. The molecule has 0 aromatic heterocycles. The van der Waals surface area contributed by atoms with E-state index < -0.39 is 12.1 Å². The number of hydrogen-bond donors (Lipinski definition) is 2. The van der Waals surface area contributed by atoms with Gasteiger partial charge in [-0.2, -0.15) is 0 Å². The van der Waals surface area contributed by atoms with Crippen molar-refractivity contribution in [3.8, 4) is 0 Å². The van der Waals surface area contributed by atoms with Gasteiger partial charge < -0.3 is 19.7 Å². The summed E-state index contributed by atoms with van der Waals surface area (Å²) in [4.78, 5) is 35.0. The first kappa shape index (κ1) is 26.4. The lowest BCUT2D eigenvalue weighted by Gasteiger charge is -2.64. The van der Waals surface area contributed by atoms with Gasteiger partial charge in [-0.05, 0) is 91.8 Å². The molecule has 7 unspecified atom stereocenters. The van der Waals surface area contributed by atoms with Crippen LogP contribution in [0.5, 0.6) is 0 Å².